The zero-order chi connectivity index (χ0) is 17.9. The van der Waals surface area contributed by atoms with E-state index >= 15 is 0 Å². The molecule has 3 aromatic rings. The molecule has 26 heavy (non-hydrogen) atoms. The number of carbonyl (C=O) groups is 2. The Morgan fingerprint density at radius 2 is 1.92 bits per heavy atom. The Kier molecular flexibility index (Phi) is 4.62. The van der Waals surface area contributed by atoms with Gasteiger partial charge in [-0.1, -0.05) is 36.0 Å². The van der Waals surface area contributed by atoms with Crippen molar-refractivity contribution < 1.29 is 14.3 Å². The van der Waals surface area contributed by atoms with Crippen LogP contribution in [-0.4, -0.2) is 32.6 Å². The molecule has 4 rings (SSSR count). The molecule has 7 heteroatoms. The lowest BCUT2D eigenvalue weighted by atomic mass is 10.1. The van der Waals surface area contributed by atoms with E-state index in [-0.39, 0.29) is 16.4 Å². The van der Waals surface area contributed by atoms with Crippen LogP contribution in [0.3, 0.4) is 0 Å². The lowest BCUT2D eigenvalue weighted by Gasteiger charge is -2.09. The predicted octanol–water partition coefficient (Wildman–Crippen LogP) is 3.01. The molecule has 0 aliphatic carbocycles. The van der Waals surface area contributed by atoms with Crippen LogP contribution in [-0.2, 0) is 17.8 Å². The molecule has 6 nitrogen and oxygen atoms in total. The second kappa shape index (κ2) is 7.21. The highest BCUT2D eigenvalue weighted by Gasteiger charge is 2.31. The number of thioether (sulfide) groups is 1. The molecule has 2 heterocycles. The minimum absolute atomic E-state index is 0.215. The van der Waals surface area contributed by atoms with Gasteiger partial charge in [0.2, 0.25) is 5.91 Å². The van der Waals surface area contributed by atoms with Gasteiger partial charge in [-0.3, -0.25) is 14.9 Å². The van der Waals surface area contributed by atoms with Crippen molar-refractivity contribution in [1.82, 2.24) is 14.9 Å². The highest BCUT2D eigenvalue weighted by atomic mass is 32.2. The first-order valence-electron chi connectivity index (χ1n) is 8.32. The molecule has 0 radical (unpaired) electrons. The maximum Gasteiger partial charge on any atom is 0.286 e. The quantitative estimate of drug-likeness (QED) is 0.725. The number of para-hydroxylation sites is 2. The van der Waals surface area contributed by atoms with E-state index in [1.165, 1.54) is 0 Å². The molecule has 1 aromatic heterocycles. The molecule has 0 saturated carbocycles. The number of imide groups is 1. The van der Waals surface area contributed by atoms with Crippen molar-refractivity contribution in [3.05, 3.63) is 60.4 Å². The number of hydrogen-bond donors (Lipinski definition) is 1. The van der Waals surface area contributed by atoms with Crippen molar-refractivity contribution in [2.24, 2.45) is 0 Å². The first-order valence-corrected chi connectivity index (χ1v) is 9.20. The highest BCUT2D eigenvalue weighted by Crippen LogP contribution is 2.24. The standard InChI is InChI=1S/C19H17N3O3S/c23-18-17(26-19(24)21-18)11-13-5-7-14(8-6-13)25-10-9-22-12-20-15-3-1-2-4-16(15)22/h1-8,12,17H,9-11H2,(H,21,23,24). The predicted molar refractivity (Wildman–Crippen MR) is 100 cm³/mol. The van der Waals surface area contributed by atoms with Gasteiger partial charge >= 0.3 is 0 Å². The van der Waals surface area contributed by atoms with E-state index in [9.17, 15) is 9.59 Å². The molecule has 1 N–H and O–H groups in total. The summed E-state index contributed by atoms with van der Waals surface area (Å²) in [6.45, 7) is 1.25. The molecular formula is C19H17N3O3S. The van der Waals surface area contributed by atoms with Crippen LogP contribution in [0.25, 0.3) is 11.0 Å². The number of amides is 2. The minimum atomic E-state index is -0.344. The monoisotopic (exact) mass is 367 g/mol. The molecule has 1 atom stereocenters. The molecule has 1 aliphatic rings. The summed E-state index contributed by atoms with van der Waals surface area (Å²) in [5, 5.41) is 1.69. The van der Waals surface area contributed by atoms with Gasteiger partial charge in [0.25, 0.3) is 5.24 Å². The van der Waals surface area contributed by atoms with Gasteiger partial charge in [-0.05, 0) is 36.2 Å². The highest BCUT2D eigenvalue weighted by molar-refractivity contribution is 8.15. The van der Waals surface area contributed by atoms with Gasteiger partial charge in [0.05, 0.1) is 29.2 Å². The van der Waals surface area contributed by atoms with E-state index in [4.69, 9.17) is 4.74 Å². The number of benzene rings is 2. The second-order valence-electron chi connectivity index (χ2n) is 6.01. The van der Waals surface area contributed by atoms with Crippen molar-refractivity contribution in [2.45, 2.75) is 18.2 Å². The van der Waals surface area contributed by atoms with E-state index in [0.29, 0.717) is 19.6 Å². The molecule has 0 spiro atoms. The zero-order valence-corrected chi connectivity index (χ0v) is 14.7. The van der Waals surface area contributed by atoms with E-state index in [0.717, 1.165) is 34.1 Å². The molecule has 1 fully saturated rings. The van der Waals surface area contributed by atoms with Crippen molar-refractivity contribution in [2.75, 3.05) is 6.61 Å². The van der Waals surface area contributed by atoms with Crippen molar-refractivity contribution in [3.8, 4) is 5.75 Å². The fraction of sp³-hybridized carbons (Fsp3) is 0.211. The summed E-state index contributed by atoms with van der Waals surface area (Å²) in [5.41, 5.74) is 3.07. The number of carbonyl (C=O) groups excluding carboxylic acids is 2. The summed E-state index contributed by atoms with van der Waals surface area (Å²) >= 11 is 1.05. The Hall–Kier alpha value is -2.80. The van der Waals surface area contributed by atoms with Crippen LogP contribution in [0.15, 0.2) is 54.9 Å². The van der Waals surface area contributed by atoms with E-state index in [1.54, 1.807) is 0 Å². The fourth-order valence-electron chi connectivity index (χ4n) is 2.91. The van der Waals surface area contributed by atoms with Crippen molar-refractivity contribution >= 4 is 33.9 Å². The van der Waals surface area contributed by atoms with Crippen molar-refractivity contribution in [1.29, 1.82) is 0 Å². The smallest absolute Gasteiger partial charge is 0.286 e. The van der Waals surface area contributed by atoms with Crippen LogP contribution in [0, 0.1) is 0 Å². The number of nitrogens with zero attached hydrogens (tertiary/aromatic N) is 2. The van der Waals surface area contributed by atoms with Gasteiger partial charge in [-0.2, -0.15) is 0 Å². The molecule has 1 unspecified atom stereocenters. The van der Waals surface area contributed by atoms with Crippen LogP contribution in [0.1, 0.15) is 5.56 Å². The van der Waals surface area contributed by atoms with E-state index in [2.05, 4.69) is 14.9 Å². The molecule has 132 valence electrons. The summed E-state index contributed by atoms with van der Waals surface area (Å²) in [7, 11) is 0. The van der Waals surface area contributed by atoms with Gasteiger partial charge in [0.1, 0.15) is 12.4 Å². The summed E-state index contributed by atoms with van der Waals surface area (Å²) in [6, 6.07) is 15.6. The Balaban J connectivity index is 1.31. The number of hydrogen-bond acceptors (Lipinski definition) is 5. The topological polar surface area (TPSA) is 73.2 Å². The van der Waals surface area contributed by atoms with Crippen LogP contribution in [0.4, 0.5) is 4.79 Å². The van der Waals surface area contributed by atoms with Gasteiger partial charge < -0.3 is 9.30 Å². The molecule has 1 saturated heterocycles. The summed E-state index contributed by atoms with van der Waals surface area (Å²) in [4.78, 5) is 27.2. The van der Waals surface area contributed by atoms with Gasteiger partial charge in [0.15, 0.2) is 0 Å². The summed E-state index contributed by atoms with van der Waals surface area (Å²) < 4.78 is 7.87. The Morgan fingerprint density at radius 1 is 1.12 bits per heavy atom. The maximum absolute atomic E-state index is 11.6. The minimum Gasteiger partial charge on any atom is -0.492 e. The van der Waals surface area contributed by atoms with Crippen LogP contribution in [0.2, 0.25) is 0 Å². The number of rotatable bonds is 6. The maximum atomic E-state index is 11.6. The Morgan fingerprint density at radius 3 is 2.69 bits per heavy atom. The number of fused-ring (bicyclic) bond motifs is 1. The molecule has 2 aromatic carbocycles. The number of nitrogens with one attached hydrogen (secondary N) is 1. The number of ether oxygens (including phenoxy) is 1. The van der Waals surface area contributed by atoms with E-state index in [1.807, 2.05) is 54.9 Å². The lowest BCUT2D eigenvalue weighted by molar-refractivity contribution is -0.118. The zero-order valence-electron chi connectivity index (χ0n) is 13.9. The Bertz CT molecular complexity index is 952. The third-order valence-corrected chi connectivity index (χ3v) is 5.22. The van der Waals surface area contributed by atoms with Crippen LogP contribution < -0.4 is 10.1 Å². The van der Waals surface area contributed by atoms with Gasteiger partial charge in [-0.15, -0.1) is 0 Å². The summed E-state index contributed by atoms with van der Waals surface area (Å²) in [6.07, 6.45) is 2.35. The molecular weight excluding hydrogens is 350 g/mol. The third kappa shape index (κ3) is 3.57. The Labute approximate surface area is 154 Å². The van der Waals surface area contributed by atoms with Gasteiger partial charge in [0, 0.05) is 0 Å². The summed E-state index contributed by atoms with van der Waals surface area (Å²) in [5.74, 6) is 0.561. The first-order chi connectivity index (χ1) is 12.7. The number of imidazole rings is 1. The second-order valence-corrected chi connectivity index (χ2v) is 7.18. The SMILES string of the molecule is O=C1NC(=O)C(Cc2ccc(OCCn3cnc4ccccc43)cc2)S1. The normalized spacial score (nSPS) is 16.8. The van der Waals surface area contributed by atoms with Crippen LogP contribution in [0.5, 0.6) is 5.75 Å². The largest absolute Gasteiger partial charge is 0.492 e. The molecule has 2 amide bonds. The molecule has 0 bridgehead atoms. The van der Waals surface area contributed by atoms with Crippen molar-refractivity contribution in [3.63, 3.8) is 0 Å². The average Bonchev–Trinajstić information content (AvgIpc) is 3.19. The van der Waals surface area contributed by atoms with Crippen LogP contribution >= 0.6 is 11.8 Å². The van der Waals surface area contributed by atoms with E-state index < -0.39 is 0 Å². The fourth-order valence-corrected chi connectivity index (χ4v) is 3.77. The van der Waals surface area contributed by atoms with Gasteiger partial charge in [-0.25, -0.2) is 4.98 Å². The molecule has 1 aliphatic heterocycles. The first kappa shape index (κ1) is 16.7. The third-order valence-electron chi connectivity index (χ3n) is 4.24. The average molecular weight is 367 g/mol. The number of aromatic nitrogens is 2. The lowest BCUT2D eigenvalue weighted by Crippen LogP contribution is -2.25.